The summed E-state index contributed by atoms with van der Waals surface area (Å²) in [6.45, 7) is 3.66. The maximum Gasteiger partial charge on any atom is 0.244 e. The standard InChI is InChI=1S/C13H16FN3O/c1-3-13(16,4-2)12(18)17-10-5-6-11(14)9(7-10)8-15/h5-7H,3-4,16H2,1-2H3,(H,17,18). The molecule has 0 saturated carbocycles. The zero-order chi connectivity index (χ0) is 13.8. The molecule has 0 aliphatic heterocycles. The molecule has 0 aliphatic carbocycles. The summed E-state index contributed by atoms with van der Waals surface area (Å²) in [6, 6.07) is 5.55. The lowest BCUT2D eigenvalue weighted by Crippen LogP contribution is -2.50. The summed E-state index contributed by atoms with van der Waals surface area (Å²) < 4.78 is 13.1. The second-order valence-corrected chi connectivity index (χ2v) is 4.12. The van der Waals surface area contributed by atoms with E-state index in [1.807, 2.05) is 13.8 Å². The third-order valence-corrected chi connectivity index (χ3v) is 3.06. The van der Waals surface area contributed by atoms with Gasteiger partial charge in [0, 0.05) is 5.69 Å². The van der Waals surface area contributed by atoms with Gasteiger partial charge in [0.2, 0.25) is 5.91 Å². The molecule has 0 atom stereocenters. The molecule has 0 spiro atoms. The maximum atomic E-state index is 13.1. The molecule has 0 aromatic heterocycles. The zero-order valence-electron chi connectivity index (χ0n) is 10.5. The van der Waals surface area contributed by atoms with Crippen LogP contribution in [0.4, 0.5) is 10.1 Å². The summed E-state index contributed by atoms with van der Waals surface area (Å²) in [5.41, 5.74) is 5.26. The number of anilines is 1. The number of benzene rings is 1. The van der Waals surface area contributed by atoms with Gasteiger partial charge in [0.25, 0.3) is 0 Å². The first kappa shape index (κ1) is 14.1. The SMILES string of the molecule is CCC(N)(CC)C(=O)Nc1ccc(F)c(C#N)c1. The predicted molar refractivity (Wildman–Crippen MR) is 67.2 cm³/mol. The van der Waals surface area contributed by atoms with Crippen molar-refractivity contribution >= 4 is 11.6 Å². The predicted octanol–water partition coefficient (Wildman–Crippen LogP) is 2.15. The van der Waals surface area contributed by atoms with E-state index in [0.29, 0.717) is 18.5 Å². The second kappa shape index (κ2) is 5.61. The van der Waals surface area contributed by atoms with Crippen molar-refractivity contribution < 1.29 is 9.18 Å². The van der Waals surface area contributed by atoms with Crippen molar-refractivity contribution in [2.45, 2.75) is 32.2 Å². The first-order valence-corrected chi connectivity index (χ1v) is 5.76. The molecule has 0 heterocycles. The van der Waals surface area contributed by atoms with Crippen molar-refractivity contribution in [1.82, 2.24) is 0 Å². The molecule has 0 saturated heterocycles. The number of rotatable bonds is 4. The van der Waals surface area contributed by atoms with Crippen LogP contribution in [0.15, 0.2) is 18.2 Å². The van der Waals surface area contributed by atoms with E-state index in [0.717, 1.165) is 6.07 Å². The summed E-state index contributed by atoms with van der Waals surface area (Å²) in [6.07, 6.45) is 1.00. The molecule has 96 valence electrons. The summed E-state index contributed by atoms with van der Waals surface area (Å²) in [4.78, 5) is 12.0. The van der Waals surface area contributed by atoms with Crippen LogP contribution in [0.1, 0.15) is 32.3 Å². The Labute approximate surface area is 106 Å². The van der Waals surface area contributed by atoms with E-state index < -0.39 is 11.4 Å². The highest BCUT2D eigenvalue weighted by molar-refractivity contribution is 5.98. The van der Waals surface area contributed by atoms with Crippen LogP contribution in [-0.4, -0.2) is 11.4 Å². The van der Waals surface area contributed by atoms with Gasteiger partial charge in [0.1, 0.15) is 11.9 Å². The number of nitrogens with zero attached hydrogens (tertiary/aromatic N) is 1. The van der Waals surface area contributed by atoms with Crippen molar-refractivity contribution in [3.05, 3.63) is 29.6 Å². The topological polar surface area (TPSA) is 78.9 Å². The number of nitrogens with one attached hydrogen (secondary N) is 1. The molecule has 4 nitrogen and oxygen atoms in total. The first-order valence-electron chi connectivity index (χ1n) is 5.76. The number of nitrogens with two attached hydrogens (primary N) is 1. The monoisotopic (exact) mass is 249 g/mol. The van der Waals surface area contributed by atoms with Crippen molar-refractivity contribution in [2.24, 2.45) is 5.73 Å². The van der Waals surface area contributed by atoms with Crippen molar-refractivity contribution in [1.29, 1.82) is 5.26 Å². The van der Waals surface area contributed by atoms with E-state index in [1.54, 1.807) is 6.07 Å². The summed E-state index contributed by atoms with van der Waals surface area (Å²) in [7, 11) is 0. The smallest absolute Gasteiger partial charge is 0.244 e. The van der Waals surface area contributed by atoms with Gasteiger partial charge in [-0.15, -0.1) is 0 Å². The Morgan fingerprint density at radius 2 is 2.11 bits per heavy atom. The molecule has 1 aromatic carbocycles. The van der Waals surface area contributed by atoms with Crippen LogP contribution in [0.25, 0.3) is 0 Å². The fourth-order valence-corrected chi connectivity index (χ4v) is 1.52. The highest BCUT2D eigenvalue weighted by Gasteiger charge is 2.29. The Balaban J connectivity index is 2.93. The van der Waals surface area contributed by atoms with Gasteiger partial charge in [-0.2, -0.15) is 5.26 Å². The van der Waals surface area contributed by atoms with Crippen LogP contribution in [-0.2, 0) is 4.79 Å². The van der Waals surface area contributed by atoms with Gasteiger partial charge in [-0.25, -0.2) is 4.39 Å². The Bertz CT molecular complexity index is 489. The van der Waals surface area contributed by atoms with E-state index in [2.05, 4.69) is 5.32 Å². The highest BCUT2D eigenvalue weighted by Crippen LogP contribution is 2.18. The molecule has 0 fully saturated rings. The van der Waals surface area contributed by atoms with Gasteiger partial charge in [0.05, 0.1) is 11.1 Å². The highest BCUT2D eigenvalue weighted by atomic mass is 19.1. The van der Waals surface area contributed by atoms with Crippen LogP contribution in [0.2, 0.25) is 0 Å². The lowest BCUT2D eigenvalue weighted by atomic mass is 9.93. The van der Waals surface area contributed by atoms with E-state index in [4.69, 9.17) is 11.0 Å². The molecule has 5 heteroatoms. The number of amides is 1. The molecule has 3 N–H and O–H groups in total. The number of halogens is 1. The molecule has 0 aliphatic rings. The Morgan fingerprint density at radius 3 is 2.61 bits per heavy atom. The molecular weight excluding hydrogens is 233 g/mol. The third kappa shape index (κ3) is 2.84. The maximum absolute atomic E-state index is 13.1. The Morgan fingerprint density at radius 1 is 1.50 bits per heavy atom. The molecule has 0 radical (unpaired) electrons. The summed E-state index contributed by atoms with van der Waals surface area (Å²) in [5.74, 6) is -0.941. The van der Waals surface area contributed by atoms with Crippen LogP contribution < -0.4 is 11.1 Å². The molecular formula is C13H16FN3O. The largest absolute Gasteiger partial charge is 0.324 e. The van der Waals surface area contributed by atoms with E-state index in [-0.39, 0.29) is 11.5 Å². The minimum Gasteiger partial charge on any atom is -0.324 e. The van der Waals surface area contributed by atoms with Gasteiger partial charge in [0.15, 0.2) is 0 Å². The minimum absolute atomic E-state index is 0.108. The normalized spacial score (nSPS) is 10.8. The molecule has 0 bridgehead atoms. The van der Waals surface area contributed by atoms with Gasteiger partial charge >= 0.3 is 0 Å². The van der Waals surface area contributed by atoms with Gasteiger partial charge in [-0.1, -0.05) is 13.8 Å². The molecule has 18 heavy (non-hydrogen) atoms. The number of nitriles is 1. The number of hydrogen-bond acceptors (Lipinski definition) is 3. The van der Waals surface area contributed by atoms with Gasteiger partial charge in [-0.3, -0.25) is 4.79 Å². The van der Waals surface area contributed by atoms with Crippen LogP contribution in [0.5, 0.6) is 0 Å². The number of hydrogen-bond donors (Lipinski definition) is 2. The van der Waals surface area contributed by atoms with E-state index in [1.165, 1.54) is 12.1 Å². The zero-order valence-corrected chi connectivity index (χ0v) is 10.5. The van der Waals surface area contributed by atoms with Crippen LogP contribution in [0.3, 0.4) is 0 Å². The fraction of sp³-hybridized carbons (Fsp3) is 0.385. The second-order valence-electron chi connectivity index (χ2n) is 4.12. The number of carbonyl (C=O) groups is 1. The minimum atomic E-state index is -0.943. The molecule has 1 aromatic rings. The number of carbonyl (C=O) groups excluding carboxylic acids is 1. The van der Waals surface area contributed by atoms with E-state index in [9.17, 15) is 9.18 Å². The lowest BCUT2D eigenvalue weighted by Gasteiger charge is -2.25. The third-order valence-electron chi connectivity index (χ3n) is 3.06. The fourth-order valence-electron chi connectivity index (χ4n) is 1.52. The first-order chi connectivity index (χ1) is 8.46. The van der Waals surface area contributed by atoms with Crippen molar-refractivity contribution in [3.8, 4) is 6.07 Å². The quantitative estimate of drug-likeness (QED) is 0.858. The lowest BCUT2D eigenvalue weighted by molar-refractivity contribution is -0.121. The molecule has 0 unspecified atom stereocenters. The van der Waals surface area contributed by atoms with E-state index >= 15 is 0 Å². The van der Waals surface area contributed by atoms with Gasteiger partial charge in [-0.05, 0) is 31.0 Å². The summed E-state index contributed by atoms with van der Waals surface area (Å²) >= 11 is 0. The van der Waals surface area contributed by atoms with Crippen molar-refractivity contribution in [2.75, 3.05) is 5.32 Å². The van der Waals surface area contributed by atoms with Crippen LogP contribution in [0, 0.1) is 17.1 Å². The van der Waals surface area contributed by atoms with Crippen molar-refractivity contribution in [3.63, 3.8) is 0 Å². The molecule has 1 amide bonds. The van der Waals surface area contributed by atoms with Crippen LogP contribution >= 0.6 is 0 Å². The average Bonchev–Trinajstić information content (AvgIpc) is 2.39. The average molecular weight is 249 g/mol. The summed E-state index contributed by atoms with van der Waals surface area (Å²) in [5, 5.41) is 11.3. The molecule has 1 rings (SSSR count). The Hall–Kier alpha value is -1.93. The Kier molecular flexibility index (Phi) is 4.40. The van der Waals surface area contributed by atoms with Gasteiger partial charge < -0.3 is 11.1 Å².